The Balaban J connectivity index is 3.73. The molecule has 0 bridgehead atoms. The Kier molecular flexibility index (Phi) is 7.39. The minimum absolute atomic E-state index is 0.261. The summed E-state index contributed by atoms with van der Waals surface area (Å²) >= 11 is 0. The molecule has 90 valence electrons. The lowest BCUT2D eigenvalue weighted by Crippen LogP contribution is -2.33. The molecule has 15 heavy (non-hydrogen) atoms. The third kappa shape index (κ3) is 5.78. The molecule has 0 N–H and O–H groups in total. The smallest absolute Gasteiger partial charge is 0.222 e. The molecule has 0 saturated heterocycles. The van der Waals surface area contributed by atoms with E-state index in [1.807, 2.05) is 14.0 Å². The molecule has 0 unspecified atom stereocenters. The highest BCUT2D eigenvalue weighted by molar-refractivity contribution is 5.75. The fourth-order valence-corrected chi connectivity index (χ4v) is 1.58. The van der Waals surface area contributed by atoms with Gasteiger partial charge in [0.25, 0.3) is 0 Å². The molecular weight excluding hydrogens is 188 g/mol. The average molecular weight is 214 g/mol. The fraction of sp³-hybridized carbons (Fsp3) is 0.917. The molecule has 0 fully saturated rings. The molecule has 0 heterocycles. The van der Waals surface area contributed by atoms with Crippen molar-refractivity contribution in [2.24, 2.45) is 0 Å². The number of carbonyl (C=O) groups excluding carboxylic acids is 1. The van der Waals surface area contributed by atoms with E-state index in [9.17, 15) is 4.79 Å². The van der Waals surface area contributed by atoms with Gasteiger partial charge in [0.05, 0.1) is 0 Å². The van der Waals surface area contributed by atoms with Gasteiger partial charge >= 0.3 is 0 Å². The van der Waals surface area contributed by atoms with E-state index >= 15 is 0 Å². The predicted molar refractivity (Wildman–Crippen MR) is 64.9 cm³/mol. The zero-order chi connectivity index (χ0) is 11.8. The maximum absolute atomic E-state index is 11.5. The van der Waals surface area contributed by atoms with Gasteiger partial charge < -0.3 is 9.80 Å². The van der Waals surface area contributed by atoms with Gasteiger partial charge in [0.15, 0.2) is 0 Å². The van der Waals surface area contributed by atoms with Crippen LogP contribution in [0.5, 0.6) is 0 Å². The summed E-state index contributed by atoms with van der Waals surface area (Å²) in [6, 6.07) is 0.578. The van der Waals surface area contributed by atoms with Gasteiger partial charge in [-0.1, -0.05) is 6.92 Å². The zero-order valence-corrected chi connectivity index (χ0v) is 10.9. The van der Waals surface area contributed by atoms with Crippen LogP contribution in [0.2, 0.25) is 0 Å². The topological polar surface area (TPSA) is 23.6 Å². The fourth-order valence-electron chi connectivity index (χ4n) is 1.58. The molecule has 0 spiro atoms. The minimum atomic E-state index is 0.261. The molecular formula is C12H26N2O. The van der Waals surface area contributed by atoms with Crippen LogP contribution >= 0.6 is 0 Å². The summed E-state index contributed by atoms with van der Waals surface area (Å²) in [5.41, 5.74) is 0. The van der Waals surface area contributed by atoms with Crippen molar-refractivity contribution in [2.75, 3.05) is 26.7 Å². The first-order chi connectivity index (χ1) is 7.02. The van der Waals surface area contributed by atoms with Gasteiger partial charge in [-0.2, -0.15) is 0 Å². The Hall–Kier alpha value is -0.570. The first-order valence-corrected chi connectivity index (χ1v) is 6.00. The molecule has 0 atom stereocenters. The Bertz CT molecular complexity index is 180. The van der Waals surface area contributed by atoms with E-state index in [2.05, 4.69) is 25.7 Å². The second-order valence-electron chi connectivity index (χ2n) is 4.23. The van der Waals surface area contributed by atoms with Gasteiger partial charge in [0, 0.05) is 26.1 Å². The van der Waals surface area contributed by atoms with E-state index in [4.69, 9.17) is 0 Å². The van der Waals surface area contributed by atoms with Crippen LogP contribution in [-0.2, 0) is 4.79 Å². The lowest BCUT2D eigenvalue weighted by atomic mass is 10.2. The van der Waals surface area contributed by atoms with Crippen LogP contribution in [-0.4, -0.2) is 48.4 Å². The molecule has 0 aliphatic rings. The maximum atomic E-state index is 11.5. The quantitative estimate of drug-likeness (QED) is 0.647. The summed E-state index contributed by atoms with van der Waals surface area (Å²) in [7, 11) is 1.86. The summed E-state index contributed by atoms with van der Waals surface area (Å²) < 4.78 is 0. The molecule has 1 amide bonds. The number of amides is 1. The highest BCUT2D eigenvalue weighted by atomic mass is 16.2. The van der Waals surface area contributed by atoms with Crippen molar-refractivity contribution >= 4 is 5.91 Å². The van der Waals surface area contributed by atoms with Crippen LogP contribution < -0.4 is 0 Å². The van der Waals surface area contributed by atoms with Crippen LogP contribution in [0.15, 0.2) is 0 Å². The number of carbonyl (C=O) groups is 1. The highest BCUT2D eigenvalue weighted by Gasteiger charge is 2.09. The number of rotatable bonds is 7. The molecule has 3 heteroatoms. The molecule has 0 aromatic heterocycles. The first-order valence-electron chi connectivity index (χ1n) is 6.00. The lowest BCUT2D eigenvalue weighted by Gasteiger charge is -2.24. The van der Waals surface area contributed by atoms with E-state index in [1.165, 1.54) is 0 Å². The summed E-state index contributed by atoms with van der Waals surface area (Å²) in [5.74, 6) is 0.261. The second kappa shape index (κ2) is 7.69. The van der Waals surface area contributed by atoms with Crippen molar-refractivity contribution in [3.05, 3.63) is 0 Å². The Labute approximate surface area is 94.4 Å². The summed E-state index contributed by atoms with van der Waals surface area (Å²) in [4.78, 5) is 15.7. The second-order valence-corrected chi connectivity index (χ2v) is 4.23. The normalized spacial score (nSPS) is 11.1. The van der Waals surface area contributed by atoms with Crippen LogP contribution in [0.25, 0.3) is 0 Å². The zero-order valence-electron chi connectivity index (χ0n) is 10.9. The molecule has 0 aromatic carbocycles. The van der Waals surface area contributed by atoms with Crippen molar-refractivity contribution in [1.29, 1.82) is 0 Å². The van der Waals surface area contributed by atoms with Crippen LogP contribution in [0, 0.1) is 0 Å². The van der Waals surface area contributed by atoms with Crippen LogP contribution in [0.4, 0.5) is 0 Å². The van der Waals surface area contributed by atoms with Crippen LogP contribution in [0.1, 0.15) is 40.5 Å². The summed E-state index contributed by atoms with van der Waals surface area (Å²) in [5, 5.41) is 0. The van der Waals surface area contributed by atoms with Crippen LogP contribution in [0.3, 0.4) is 0 Å². The third-order valence-electron chi connectivity index (χ3n) is 2.87. The first kappa shape index (κ1) is 14.4. The number of nitrogens with zero attached hydrogens (tertiary/aromatic N) is 2. The van der Waals surface area contributed by atoms with Crippen molar-refractivity contribution in [2.45, 2.75) is 46.6 Å². The molecule has 3 nitrogen and oxygen atoms in total. The van der Waals surface area contributed by atoms with E-state index in [0.717, 1.165) is 26.1 Å². The van der Waals surface area contributed by atoms with Gasteiger partial charge in [-0.3, -0.25) is 4.79 Å². The molecule has 0 aliphatic heterocycles. The molecule has 0 radical (unpaired) electrons. The van der Waals surface area contributed by atoms with Gasteiger partial charge in [-0.25, -0.2) is 0 Å². The van der Waals surface area contributed by atoms with E-state index < -0.39 is 0 Å². The van der Waals surface area contributed by atoms with Gasteiger partial charge in [-0.05, 0) is 40.3 Å². The minimum Gasteiger partial charge on any atom is -0.346 e. The van der Waals surface area contributed by atoms with Crippen molar-refractivity contribution < 1.29 is 4.79 Å². The standard InChI is InChI=1S/C12H26N2O/c1-6-13(5)12(15)9-8-10-14(7-2)11(3)4/h11H,6-10H2,1-5H3. The predicted octanol–water partition coefficient (Wildman–Crippen LogP) is 1.98. The monoisotopic (exact) mass is 214 g/mol. The SMILES string of the molecule is CCN(C)C(=O)CCCN(CC)C(C)C. The van der Waals surface area contributed by atoms with Gasteiger partial charge in [-0.15, -0.1) is 0 Å². The Morgan fingerprint density at radius 3 is 2.20 bits per heavy atom. The largest absolute Gasteiger partial charge is 0.346 e. The molecule has 0 aromatic rings. The number of hydrogen-bond donors (Lipinski definition) is 0. The maximum Gasteiger partial charge on any atom is 0.222 e. The lowest BCUT2D eigenvalue weighted by molar-refractivity contribution is -0.129. The van der Waals surface area contributed by atoms with Gasteiger partial charge in [0.1, 0.15) is 0 Å². The Morgan fingerprint density at radius 1 is 1.20 bits per heavy atom. The third-order valence-corrected chi connectivity index (χ3v) is 2.87. The number of hydrogen-bond acceptors (Lipinski definition) is 2. The van der Waals surface area contributed by atoms with Crippen molar-refractivity contribution in [3.8, 4) is 0 Å². The highest BCUT2D eigenvalue weighted by Crippen LogP contribution is 2.02. The molecule has 0 aliphatic carbocycles. The van der Waals surface area contributed by atoms with Crippen molar-refractivity contribution in [1.82, 2.24) is 9.80 Å². The summed E-state index contributed by atoms with van der Waals surface area (Å²) in [6.45, 7) is 11.5. The van der Waals surface area contributed by atoms with Gasteiger partial charge in [0.2, 0.25) is 5.91 Å². The Morgan fingerprint density at radius 2 is 1.80 bits per heavy atom. The van der Waals surface area contributed by atoms with E-state index in [0.29, 0.717) is 12.5 Å². The average Bonchev–Trinajstić information content (AvgIpc) is 2.22. The van der Waals surface area contributed by atoms with E-state index in [1.54, 1.807) is 4.90 Å². The van der Waals surface area contributed by atoms with E-state index in [-0.39, 0.29) is 5.91 Å². The molecule has 0 saturated carbocycles. The molecule has 0 rings (SSSR count). The summed E-state index contributed by atoms with van der Waals surface area (Å²) in [6.07, 6.45) is 1.64. The van der Waals surface area contributed by atoms with Crippen molar-refractivity contribution in [3.63, 3.8) is 0 Å².